The number of carboxylic acids is 1. The van der Waals surface area contributed by atoms with E-state index in [9.17, 15) is 9.18 Å². The number of rotatable bonds is 6. The second-order valence-electron chi connectivity index (χ2n) is 8.21. The number of nitrogens with one attached hydrogen (secondary N) is 1. The molecule has 6 heteroatoms. The van der Waals surface area contributed by atoms with Crippen molar-refractivity contribution in [1.29, 1.82) is 0 Å². The van der Waals surface area contributed by atoms with Crippen molar-refractivity contribution in [2.24, 2.45) is 5.92 Å². The third kappa shape index (κ3) is 4.20. The fourth-order valence-electron chi connectivity index (χ4n) is 4.30. The van der Waals surface area contributed by atoms with Gasteiger partial charge < -0.3 is 5.11 Å². The number of hydrogen-bond acceptors (Lipinski definition) is 3. The maximum atomic E-state index is 14.3. The monoisotopic (exact) mass is 439 g/mol. The lowest BCUT2D eigenvalue weighted by atomic mass is 9.73. The van der Waals surface area contributed by atoms with E-state index in [0.29, 0.717) is 22.4 Å². The highest BCUT2D eigenvalue weighted by Crippen LogP contribution is 2.45. The van der Waals surface area contributed by atoms with E-state index in [-0.39, 0.29) is 0 Å². The molecule has 1 aliphatic carbocycles. The van der Waals surface area contributed by atoms with Crippen molar-refractivity contribution in [2.75, 3.05) is 0 Å². The van der Waals surface area contributed by atoms with Crippen molar-refractivity contribution >= 4 is 34.1 Å². The second-order valence-corrected chi connectivity index (χ2v) is 8.21. The van der Waals surface area contributed by atoms with E-state index in [1.165, 1.54) is 18.1 Å². The molecule has 0 aliphatic heterocycles. The van der Waals surface area contributed by atoms with Crippen LogP contribution in [0.4, 0.5) is 4.39 Å². The van der Waals surface area contributed by atoms with E-state index in [2.05, 4.69) is 22.3 Å². The molecule has 0 saturated heterocycles. The fourth-order valence-corrected chi connectivity index (χ4v) is 4.30. The number of allylic oxidation sites excluding steroid dienone is 1. The molecule has 5 nitrogen and oxygen atoms in total. The zero-order valence-corrected chi connectivity index (χ0v) is 17.8. The number of carbonyl (C=O) groups is 1. The van der Waals surface area contributed by atoms with E-state index in [1.54, 1.807) is 6.20 Å². The maximum Gasteiger partial charge on any atom is 0.328 e. The average Bonchev–Trinajstić information content (AvgIpc) is 3.17. The summed E-state index contributed by atoms with van der Waals surface area (Å²) in [6.07, 6.45) is 7.63. The Labute approximate surface area is 190 Å². The van der Waals surface area contributed by atoms with Gasteiger partial charge in [0.25, 0.3) is 0 Å². The van der Waals surface area contributed by atoms with Gasteiger partial charge in [-0.2, -0.15) is 4.39 Å². The van der Waals surface area contributed by atoms with Crippen LogP contribution in [0.2, 0.25) is 0 Å². The van der Waals surface area contributed by atoms with E-state index >= 15 is 0 Å². The van der Waals surface area contributed by atoms with Crippen molar-refractivity contribution in [3.8, 4) is 0 Å². The highest BCUT2D eigenvalue weighted by atomic mass is 19.1. The molecule has 1 fully saturated rings. The molecule has 0 amide bonds. The number of halogens is 1. The average molecular weight is 439 g/mol. The zero-order chi connectivity index (χ0) is 22.8. The normalized spacial score (nSPS) is 14.9. The lowest BCUT2D eigenvalue weighted by molar-refractivity contribution is -0.131. The minimum absolute atomic E-state index is 0.390. The van der Waals surface area contributed by atoms with Crippen LogP contribution in [0.3, 0.4) is 0 Å². The molecular weight excluding hydrogens is 417 g/mol. The number of aliphatic carboxylic acids is 1. The number of nitrogens with zero attached hydrogens (tertiary/aromatic N) is 2. The molecule has 0 bridgehead atoms. The maximum absolute atomic E-state index is 14.3. The highest BCUT2D eigenvalue weighted by Gasteiger charge is 2.28. The molecule has 0 spiro atoms. The van der Waals surface area contributed by atoms with E-state index in [4.69, 9.17) is 10.1 Å². The first-order chi connectivity index (χ1) is 16.1. The number of fused-ring (bicyclic) bond motifs is 1. The van der Waals surface area contributed by atoms with Gasteiger partial charge >= 0.3 is 5.97 Å². The first kappa shape index (κ1) is 20.8. The van der Waals surface area contributed by atoms with Gasteiger partial charge in [-0.3, -0.25) is 10.1 Å². The van der Waals surface area contributed by atoms with Gasteiger partial charge in [-0.05, 0) is 65.3 Å². The highest BCUT2D eigenvalue weighted by molar-refractivity contribution is 6.00. The Morgan fingerprint density at radius 3 is 2.55 bits per heavy atom. The van der Waals surface area contributed by atoms with Crippen molar-refractivity contribution in [3.05, 3.63) is 101 Å². The fraction of sp³-hybridized carbons (Fsp3) is 0.148. The number of pyridine rings is 1. The van der Waals surface area contributed by atoms with Crippen molar-refractivity contribution in [2.45, 2.75) is 19.3 Å². The third-order valence-electron chi connectivity index (χ3n) is 6.13. The molecule has 1 aliphatic rings. The third-order valence-corrected chi connectivity index (χ3v) is 6.13. The van der Waals surface area contributed by atoms with Gasteiger partial charge in [0.2, 0.25) is 5.95 Å². The van der Waals surface area contributed by atoms with Crippen LogP contribution in [0, 0.1) is 11.9 Å². The van der Waals surface area contributed by atoms with Gasteiger partial charge in [-0.1, -0.05) is 48.9 Å². The SMILES string of the molecule is O=C(O)C=Cc1ccc(C(=C(c2ccccc2)C2CCC2)c2ccc3[nH]nc(F)c3c2)nc1. The molecule has 5 rings (SSSR count). The number of H-pyrrole nitrogens is 1. The lowest BCUT2D eigenvalue weighted by Gasteiger charge is -2.31. The summed E-state index contributed by atoms with van der Waals surface area (Å²) in [5.74, 6) is -1.15. The molecule has 2 aromatic carbocycles. The van der Waals surface area contributed by atoms with Gasteiger partial charge in [-0.25, -0.2) is 4.79 Å². The molecule has 2 aromatic heterocycles. The number of carboxylic acid groups (broad SMARTS) is 1. The number of benzene rings is 2. The lowest BCUT2D eigenvalue weighted by Crippen LogP contribution is -2.15. The van der Waals surface area contributed by atoms with Crippen LogP contribution in [0.25, 0.3) is 28.1 Å². The summed E-state index contributed by atoms with van der Waals surface area (Å²) in [4.78, 5) is 15.5. The van der Waals surface area contributed by atoms with Crippen molar-refractivity contribution in [3.63, 3.8) is 0 Å². The largest absolute Gasteiger partial charge is 0.478 e. The molecule has 164 valence electrons. The van der Waals surface area contributed by atoms with Crippen LogP contribution in [-0.2, 0) is 4.79 Å². The Bertz CT molecular complexity index is 1370. The van der Waals surface area contributed by atoms with Gasteiger partial charge in [0, 0.05) is 17.8 Å². The molecule has 33 heavy (non-hydrogen) atoms. The summed E-state index contributed by atoms with van der Waals surface area (Å²) in [7, 11) is 0. The van der Waals surface area contributed by atoms with Gasteiger partial charge in [0.1, 0.15) is 0 Å². The Morgan fingerprint density at radius 2 is 1.88 bits per heavy atom. The van der Waals surface area contributed by atoms with Crippen LogP contribution in [-0.4, -0.2) is 26.3 Å². The van der Waals surface area contributed by atoms with Crippen LogP contribution in [0.5, 0.6) is 0 Å². The predicted octanol–water partition coefficient (Wildman–Crippen LogP) is 5.95. The summed E-state index contributed by atoms with van der Waals surface area (Å²) in [5.41, 5.74) is 6.26. The van der Waals surface area contributed by atoms with Gasteiger partial charge in [0.15, 0.2) is 0 Å². The van der Waals surface area contributed by atoms with Gasteiger partial charge in [0.05, 0.1) is 16.6 Å². The first-order valence-electron chi connectivity index (χ1n) is 10.9. The quantitative estimate of drug-likeness (QED) is 0.287. The van der Waals surface area contributed by atoms with E-state index in [0.717, 1.165) is 41.3 Å². The van der Waals surface area contributed by atoms with Crippen LogP contribution < -0.4 is 0 Å². The zero-order valence-electron chi connectivity index (χ0n) is 17.8. The van der Waals surface area contributed by atoms with Crippen LogP contribution in [0.1, 0.15) is 41.6 Å². The molecule has 0 unspecified atom stereocenters. The number of aromatic amines is 1. The number of aromatic nitrogens is 3. The minimum atomic E-state index is -1.01. The molecule has 0 atom stereocenters. The molecule has 0 radical (unpaired) electrons. The number of hydrogen-bond donors (Lipinski definition) is 2. The Kier molecular flexibility index (Phi) is 5.57. The smallest absolute Gasteiger partial charge is 0.328 e. The molecule has 2 N–H and O–H groups in total. The van der Waals surface area contributed by atoms with E-state index in [1.807, 2.05) is 48.5 Å². The minimum Gasteiger partial charge on any atom is -0.478 e. The standard InChI is InChI=1S/C27H22FN3O2/c28-27-21-15-20(11-13-22(21)30-31-27)26(23-12-9-17(16-29-23)10-14-24(32)33)25(19-7-4-8-19)18-5-2-1-3-6-18/h1-3,5-6,9-16,19H,4,7-8H2,(H,30,31)(H,32,33). The van der Waals surface area contributed by atoms with Crippen LogP contribution >= 0.6 is 0 Å². The molecule has 4 aromatic rings. The summed E-state index contributed by atoms with van der Waals surface area (Å²) in [6, 6.07) is 19.6. The van der Waals surface area contributed by atoms with E-state index < -0.39 is 11.9 Å². The topological polar surface area (TPSA) is 78.9 Å². The molecular formula is C27H22FN3O2. The van der Waals surface area contributed by atoms with Crippen LogP contribution in [0.15, 0.2) is 72.9 Å². The molecule has 2 heterocycles. The molecule has 1 saturated carbocycles. The predicted molar refractivity (Wildman–Crippen MR) is 127 cm³/mol. The summed E-state index contributed by atoms with van der Waals surface area (Å²) >= 11 is 0. The first-order valence-corrected chi connectivity index (χ1v) is 10.9. The summed E-state index contributed by atoms with van der Waals surface area (Å²) in [6.45, 7) is 0. The summed E-state index contributed by atoms with van der Waals surface area (Å²) < 4.78 is 14.3. The Morgan fingerprint density at radius 1 is 1.06 bits per heavy atom. The summed E-state index contributed by atoms with van der Waals surface area (Å²) in [5, 5.41) is 15.8. The van der Waals surface area contributed by atoms with Crippen molar-refractivity contribution in [1.82, 2.24) is 15.2 Å². The van der Waals surface area contributed by atoms with Gasteiger partial charge in [-0.15, -0.1) is 5.10 Å². The Balaban J connectivity index is 1.73. The van der Waals surface area contributed by atoms with Crippen molar-refractivity contribution < 1.29 is 14.3 Å². The second kappa shape index (κ2) is 8.82. The Hall–Kier alpha value is -4.06.